The number of hydrogen-bond acceptors (Lipinski definition) is 4. The summed E-state index contributed by atoms with van der Waals surface area (Å²) in [6.45, 7) is 3.91. The molecule has 1 spiro atoms. The Morgan fingerprint density at radius 3 is 2.12 bits per heavy atom. The molecule has 0 N–H and O–H groups in total. The summed E-state index contributed by atoms with van der Waals surface area (Å²) in [5, 5.41) is 0. The number of allylic oxidation sites excluding steroid dienone is 1. The van der Waals surface area contributed by atoms with Gasteiger partial charge in [-0.2, -0.15) is 0 Å². The average Bonchev–Trinajstić information content (AvgIpc) is 3.48. The minimum absolute atomic E-state index is 0.346. The molecule has 40 heavy (non-hydrogen) atoms. The third kappa shape index (κ3) is 5.05. The highest BCUT2D eigenvalue weighted by atomic mass is 16.7. The van der Waals surface area contributed by atoms with E-state index in [1.54, 1.807) is 0 Å². The predicted molar refractivity (Wildman–Crippen MR) is 160 cm³/mol. The lowest BCUT2D eigenvalue weighted by Crippen LogP contribution is -2.45. The Bertz CT molecular complexity index is 1480. The second-order valence-electron chi connectivity index (χ2n) is 11.0. The summed E-state index contributed by atoms with van der Waals surface area (Å²) in [4.78, 5) is 2.46. The number of anilines is 1. The van der Waals surface area contributed by atoms with E-state index in [9.17, 15) is 0 Å². The summed E-state index contributed by atoms with van der Waals surface area (Å²) in [5.41, 5.74) is 10.4. The first-order valence-electron chi connectivity index (χ1n) is 14.5. The fourth-order valence-electron chi connectivity index (χ4n) is 6.39. The van der Waals surface area contributed by atoms with Crippen molar-refractivity contribution in [2.45, 2.75) is 38.1 Å². The first-order valence-corrected chi connectivity index (χ1v) is 14.5. The molecular weight excluding hydrogens is 494 g/mol. The predicted octanol–water partition coefficient (Wildman–Crippen LogP) is 7.51. The number of benzene rings is 4. The lowest BCUT2D eigenvalue weighted by Gasteiger charge is -2.38. The van der Waals surface area contributed by atoms with Crippen LogP contribution < -0.4 is 9.64 Å². The number of rotatable bonds is 6. The third-order valence-electron chi connectivity index (χ3n) is 8.52. The lowest BCUT2D eigenvalue weighted by atomic mass is 9.79. The molecule has 1 aliphatic carbocycles. The Morgan fingerprint density at radius 2 is 1.40 bits per heavy atom. The van der Waals surface area contributed by atoms with Gasteiger partial charge in [0, 0.05) is 31.6 Å². The molecule has 0 saturated carbocycles. The van der Waals surface area contributed by atoms with Crippen LogP contribution in [0.1, 0.15) is 47.1 Å². The molecule has 0 amide bonds. The number of piperidine rings is 1. The van der Waals surface area contributed by atoms with Gasteiger partial charge in [0.15, 0.2) is 5.79 Å². The highest BCUT2D eigenvalue weighted by Gasteiger charge is 2.39. The lowest BCUT2D eigenvalue weighted by molar-refractivity contribution is -0.169. The first-order chi connectivity index (χ1) is 19.8. The Balaban J connectivity index is 1.17. The SMILES string of the molecule is c1ccc(COc2ccc3c(c2)CCC(c2ccccc2)=C3c2ccc(N3CCC4(CC3)OCCO4)cc2)cc1. The zero-order valence-electron chi connectivity index (χ0n) is 22.9. The molecule has 7 rings (SSSR count). The van der Waals surface area contributed by atoms with E-state index >= 15 is 0 Å². The minimum Gasteiger partial charge on any atom is -0.489 e. The molecule has 2 fully saturated rings. The molecule has 0 radical (unpaired) electrons. The fraction of sp³-hybridized carbons (Fsp3) is 0.278. The summed E-state index contributed by atoms with van der Waals surface area (Å²) < 4.78 is 18.1. The molecule has 0 bridgehead atoms. The summed E-state index contributed by atoms with van der Waals surface area (Å²) in [5.74, 6) is 0.583. The number of fused-ring (bicyclic) bond motifs is 1. The highest BCUT2D eigenvalue weighted by molar-refractivity contribution is 6.01. The van der Waals surface area contributed by atoms with Gasteiger partial charge >= 0.3 is 0 Å². The smallest absolute Gasteiger partial charge is 0.171 e. The average molecular weight is 530 g/mol. The van der Waals surface area contributed by atoms with Crippen LogP contribution in [0, 0.1) is 0 Å². The summed E-state index contributed by atoms with van der Waals surface area (Å²) in [6, 6.07) is 37.0. The van der Waals surface area contributed by atoms with Crippen LogP contribution in [0.15, 0.2) is 103 Å². The normalized spacial score (nSPS) is 18.1. The molecule has 0 unspecified atom stereocenters. The number of ether oxygens (including phenoxy) is 3. The Labute approximate surface area is 236 Å². The van der Waals surface area contributed by atoms with E-state index < -0.39 is 0 Å². The monoisotopic (exact) mass is 529 g/mol. The van der Waals surface area contributed by atoms with Crippen LogP contribution in [-0.4, -0.2) is 32.1 Å². The van der Waals surface area contributed by atoms with Gasteiger partial charge in [0.25, 0.3) is 0 Å². The van der Waals surface area contributed by atoms with E-state index in [1.807, 2.05) is 6.07 Å². The second kappa shape index (κ2) is 11.0. The van der Waals surface area contributed by atoms with Crippen LogP contribution in [0.3, 0.4) is 0 Å². The maximum atomic E-state index is 6.19. The van der Waals surface area contributed by atoms with Crippen LogP contribution in [0.2, 0.25) is 0 Å². The molecule has 4 heteroatoms. The molecule has 202 valence electrons. The van der Waals surface area contributed by atoms with Gasteiger partial charge in [-0.05, 0) is 76.1 Å². The van der Waals surface area contributed by atoms with Crippen molar-refractivity contribution in [3.05, 3.63) is 131 Å². The quantitative estimate of drug-likeness (QED) is 0.259. The Hall–Kier alpha value is -3.86. The molecule has 4 nitrogen and oxygen atoms in total. The standard InChI is InChI=1S/C36H35NO3/c1-3-7-27(8-4-1)26-38-32-16-18-34-30(25-32)13-17-33(28-9-5-2-6-10-28)35(34)29-11-14-31(15-12-29)37-21-19-36(20-22-37)39-23-24-40-36/h1-12,14-16,18,25H,13,17,19-24,26H2. The van der Waals surface area contributed by atoms with Crippen molar-refractivity contribution in [1.29, 1.82) is 0 Å². The van der Waals surface area contributed by atoms with Gasteiger partial charge in [0.1, 0.15) is 12.4 Å². The van der Waals surface area contributed by atoms with Gasteiger partial charge in [0.05, 0.1) is 13.2 Å². The number of hydrogen-bond donors (Lipinski definition) is 0. The van der Waals surface area contributed by atoms with E-state index in [2.05, 4.69) is 102 Å². The molecule has 4 aromatic carbocycles. The number of aryl methyl sites for hydroxylation is 1. The Kier molecular flexibility index (Phi) is 6.88. The second-order valence-corrected chi connectivity index (χ2v) is 11.0. The molecular formula is C36H35NO3. The van der Waals surface area contributed by atoms with Crippen molar-refractivity contribution in [3.8, 4) is 5.75 Å². The molecule has 0 atom stereocenters. The fourth-order valence-corrected chi connectivity index (χ4v) is 6.39. The van der Waals surface area contributed by atoms with Crippen LogP contribution in [0.5, 0.6) is 5.75 Å². The van der Waals surface area contributed by atoms with Crippen molar-refractivity contribution in [2.24, 2.45) is 0 Å². The molecule has 3 aliphatic rings. The van der Waals surface area contributed by atoms with E-state index in [0.29, 0.717) is 6.61 Å². The van der Waals surface area contributed by atoms with Crippen LogP contribution in [0.4, 0.5) is 5.69 Å². The third-order valence-corrected chi connectivity index (χ3v) is 8.52. The topological polar surface area (TPSA) is 30.9 Å². The highest BCUT2D eigenvalue weighted by Crippen LogP contribution is 2.42. The summed E-state index contributed by atoms with van der Waals surface area (Å²) >= 11 is 0. The van der Waals surface area contributed by atoms with E-state index in [1.165, 1.54) is 44.7 Å². The van der Waals surface area contributed by atoms with Crippen molar-refractivity contribution >= 4 is 16.8 Å². The van der Waals surface area contributed by atoms with Crippen molar-refractivity contribution < 1.29 is 14.2 Å². The molecule has 0 aromatic heterocycles. The van der Waals surface area contributed by atoms with Gasteiger partial charge in [-0.15, -0.1) is 0 Å². The van der Waals surface area contributed by atoms with Crippen LogP contribution in [0.25, 0.3) is 11.1 Å². The number of nitrogens with zero attached hydrogens (tertiary/aromatic N) is 1. The molecule has 2 saturated heterocycles. The molecule has 4 aromatic rings. The minimum atomic E-state index is -0.346. The van der Waals surface area contributed by atoms with Crippen molar-refractivity contribution in [2.75, 3.05) is 31.2 Å². The zero-order valence-corrected chi connectivity index (χ0v) is 22.9. The van der Waals surface area contributed by atoms with Gasteiger partial charge in [0.2, 0.25) is 0 Å². The summed E-state index contributed by atoms with van der Waals surface area (Å²) in [6.07, 6.45) is 3.84. The van der Waals surface area contributed by atoms with E-state index in [4.69, 9.17) is 14.2 Å². The zero-order chi connectivity index (χ0) is 26.8. The first kappa shape index (κ1) is 25.1. The van der Waals surface area contributed by atoms with E-state index in [0.717, 1.165) is 57.7 Å². The van der Waals surface area contributed by atoms with Gasteiger partial charge in [-0.25, -0.2) is 0 Å². The van der Waals surface area contributed by atoms with E-state index in [-0.39, 0.29) is 5.79 Å². The van der Waals surface area contributed by atoms with Crippen molar-refractivity contribution in [3.63, 3.8) is 0 Å². The van der Waals surface area contributed by atoms with Gasteiger partial charge in [-0.3, -0.25) is 0 Å². The Morgan fingerprint density at radius 1 is 0.700 bits per heavy atom. The molecule has 2 heterocycles. The maximum absolute atomic E-state index is 6.19. The largest absolute Gasteiger partial charge is 0.489 e. The maximum Gasteiger partial charge on any atom is 0.171 e. The van der Waals surface area contributed by atoms with Crippen molar-refractivity contribution in [1.82, 2.24) is 0 Å². The summed E-state index contributed by atoms with van der Waals surface area (Å²) in [7, 11) is 0. The van der Waals surface area contributed by atoms with Crippen LogP contribution in [-0.2, 0) is 22.5 Å². The molecule has 2 aliphatic heterocycles. The van der Waals surface area contributed by atoms with Crippen LogP contribution >= 0.6 is 0 Å². The van der Waals surface area contributed by atoms with Gasteiger partial charge < -0.3 is 19.1 Å². The van der Waals surface area contributed by atoms with Gasteiger partial charge in [-0.1, -0.05) is 78.9 Å².